The van der Waals surface area contributed by atoms with Gasteiger partial charge < -0.3 is 14.7 Å². The Balaban J connectivity index is 1.80. The lowest BCUT2D eigenvalue weighted by molar-refractivity contribution is 0.0451. The van der Waals surface area contributed by atoms with E-state index in [-0.39, 0.29) is 11.9 Å². The number of ether oxygens (including phenoxy) is 1. The number of halogens is 1. The van der Waals surface area contributed by atoms with Crippen molar-refractivity contribution in [1.82, 2.24) is 4.90 Å². The molecule has 2 atom stereocenters. The fourth-order valence-electron chi connectivity index (χ4n) is 2.81. The molecule has 0 aliphatic carbocycles. The van der Waals surface area contributed by atoms with Gasteiger partial charge in [-0.3, -0.25) is 0 Å². The molecule has 2 aromatic rings. The van der Waals surface area contributed by atoms with E-state index in [4.69, 9.17) is 4.74 Å². The fraction of sp³-hybridized carbons (Fsp3) is 0.278. The second kappa shape index (κ2) is 6.79. The molecule has 23 heavy (non-hydrogen) atoms. The van der Waals surface area contributed by atoms with Gasteiger partial charge in [-0.15, -0.1) is 0 Å². The van der Waals surface area contributed by atoms with Crippen LogP contribution in [-0.2, 0) is 0 Å². The highest BCUT2D eigenvalue weighted by atomic mass is 19.1. The number of likely N-dealkylation sites (tertiary alicyclic amines) is 1. The summed E-state index contributed by atoms with van der Waals surface area (Å²) in [5.74, 6) is 0.144. The van der Waals surface area contributed by atoms with E-state index in [9.17, 15) is 14.3 Å². The van der Waals surface area contributed by atoms with Crippen LogP contribution in [0.2, 0.25) is 0 Å². The zero-order chi connectivity index (χ0) is 16.2. The van der Waals surface area contributed by atoms with Crippen molar-refractivity contribution < 1.29 is 19.0 Å². The van der Waals surface area contributed by atoms with Gasteiger partial charge in [-0.05, 0) is 42.7 Å². The minimum Gasteiger partial charge on any atom is -0.410 e. The number of amides is 1. The molecule has 0 saturated carbocycles. The summed E-state index contributed by atoms with van der Waals surface area (Å²) in [5.41, 5.74) is 0.787. The Morgan fingerprint density at radius 3 is 2.52 bits per heavy atom. The molecular formula is C18H18FNO3. The molecule has 2 aromatic carbocycles. The molecule has 0 aromatic heterocycles. The summed E-state index contributed by atoms with van der Waals surface area (Å²) >= 11 is 0. The van der Waals surface area contributed by atoms with E-state index in [1.54, 1.807) is 41.3 Å². The highest BCUT2D eigenvalue weighted by Gasteiger charge is 2.33. The number of carbonyl (C=O) groups excluding carboxylic acids is 1. The highest BCUT2D eigenvalue weighted by molar-refractivity contribution is 5.71. The number of aliphatic hydroxyl groups excluding tert-OH is 1. The maximum atomic E-state index is 13.1. The molecule has 1 heterocycles. The van der Waals surface area contributed by atoms with E-state index >= 15 is 0 Å². The van der Waals surface area contributed by atoms with Gasteiger partial charge in [0.05, 0.1) is 12.1 Å². The Morgan fingerprint density at radius 1 is 1.13 bits per heavy atom. The van der Waals surface area contributed by atoms with Gasteiger partial charge in [0.1, 0.15) is 11.6 Å². The molecule has 1 aliphatic rings. The molecule has 0 bridgehead atoms. The first-order valence-electron chi connectivity index (χ1n) is 7.60. The van der Waals surface area contributed by atoms with Gasteiger partial charge in [-0.2, -0.15) is 0 Å². The normalized spacial score (nSPS) is 21.0. The number of hydrogen-bond acceptors (Lipinski definition) is 3. The SMILES string of the molecule is O=C(Oc1ccccc1)N1CC[C@H](O)C[C@H]1c1ccc(F)cc1. The van der Waals surface area contributed by atoms with Gasteiger partial charge >= 0.3 is 6.09 Å². The Bertz CT molecular complexity index is 660. The van der Waals surface area contributed by atoms with Crippen molar-refractivity contribution in [2.24, 2.45) is 0 Å². The molecule has 1 aliphatic heterocycles. The summed E-state index contributed by atoms with van der Waals surface area (Å²) in [6.45, 7) is 0.398. The summed E-state index contributed by atoms with van der Waals surface area (Å²) in [7, 11) is 0. The number of rotatable bonds is 2. The van der Waals surface area contributed by atoms with Crippen LogP contribution in [0.25, 0.3) is 0 Å². The molecule has 0 unspecified atom stereocenters. The van der Waals surface area contributed by atoms with Crippen LogP contribution < -0.4 is 4.74 Å². The standard InChI is InChI=1S/C18H18FNO3/c19-14-8-6-13(7-9-14)17-12-15(21)10-11-20(17)18(22)23-16-4-2-1-3-5-16/h1-9,15,17,21H,10-12H2/t15-,17-/m0/s1. The third kappa shape index (κ3) is 3.68. The maximum Gasteiger partial charge on any atom is 0.415 e. The predicted octanol–water partition coefficient (Wildman–Crippen LogP) is 3.52. The van der Waals surface area contributed by atoms with Crippen molar-refractivity contribution >= 4 is 6.09 Å². The highest BCUT2D eigenvalue weighted by Crippen LogP contribution is 2.32. The van der Waals surface area contributed by atoms with Crippen molar-refractivity contribution in [2.75, 3.05) is 6.54 Å². The van der Waals surface area contributed by atoms with Gasteiger partial charge in [0.2, 0.25) is 0 Å². The molecule has 1 fully saturated rings. The minimum absolute atomic E-state index is 0.324. The number of benzene rings is 2. The van der Waals surface area contributed by atoms with Crippen LogP contribution >= 0.6 is 0 Å². The lowest BCUT2D eigenvalue weighted by Crippen LogP contribution is -2.43. The minimum atomic E-state index is -0.481. The molecule has 1 saturated heterocycles. The van der Waals surface area contributed by atoms with Crippen molar-refractivity contribution in [3.05, 3.63) is 66.0 Å². The zero-order valence-corrected chi connectivity index (χ0v) is 12.6. The van der Waals surface area contributed by atoms with Crippen LogP contribution in [0.1, 0.15) is 24.4 Å². The molecule has 1 N–H and O–H groups in total. The zero-order valence-electron chi connectivity index (χ0n) is 12.6. The van der Waals surface area contributed by atoms with E-state index in [0.29, 0.717) is 25.1 Å². The molecule has 4 nitrogen and oxygen atoms in total. The van der Waals surface area contributed by atoms with Crippen LogP contribution in [0.5, 0.6) is 5.75 Å². The maximum absolute atomic E-state index is 13.1. The quantitative estimate of drug-likeness (QED) is 0.922. The number of carbonyl (C=O) groups is 1. The summed E-state index contributed by atoms with van der Waals surface area (Å²) < 4.78 is 18.5. The second-order valence-corrected chi connectivity index (χ2v) is 5.62. The molecular weight excluding hydrogens is 297 g/mol. The van der Waals surface area contributed by atoms with Crippen LogP contribution in [0.15, 0.2) is 54.6 Å². The average molecular weight is 315 g/mol. The first-order valence-corrected chi connectivity index (χ1v) is 7.60. The topological polar surface area (TPSA) is 49.8 Å². The number of nitrogens with zero attached hydrogens (tertiary/aromatic N) is 1. The molecule has 0 spiro atoms. The summed E-state index contributed by atoms with van der Waals surface area (Å²) in [5, 5.41) is 9.93. The predicted molar refractivity (Wildman–Crippen MR) is 83.6 cm³/mol. The monoisotopic (exact) mass is 315 g/mol. The van der Waals surface area contributed by atoms with E-state index in [1.165, 1.54) is 12.1 Å². The van der Waals surface area contributed by atoms with Crippen LogP contribution in [0, 0.1) is 5.82 Å². The Labute approximate surface area is 134 Å². The second-order valence-electron chi connectivity index (χ2n) is 5.62. The summed E-state index contributed by atoms with van der Waals surface area (Å²) in [4.78, 5) is 14.1. The van der Waals surface area contributed by atoms with E-state index in [0.717, 1.165) is 5.56 Å². The van der Waals surface area contributed by atoms with Crippen molar-refractivity contribution in [1.29, 1.82) is 0 Å². The molecule has 3 rings (SSSR count). The first-order chi connectivity index (χ1) is 11.1. The summed E-state index contributed by atoms with van der Waals surface area (Å²) in [6, 6.07) is 14.5. The fourth-order valence-corrected chi connectivity index (χ4v) is 2.81. The van der Waals surface area contributed by atoms with Crippen LogP contribution in [0.3, 0.4) is 0 Å². The lowest BCUT2D eigenvalue weighted by atomic mass is 9.94. The van der Waals surface area contributed by atoms with Gasteiger partial charge in [0, 0.05) is 6.54 Å². The molecule has 120 valence electrons. The van der Waals surface area contributed by atoms with E-state index in [2.05, 4.69) is 0 Å². The third-order valence-corrected chi connectivity index (χ3v) is 4.01. The summed E-state index contributed by atoms with van der Waals surface area (Å²) in [6.07, 6.45) is -0.0276. The number of para-hydroxylation sites is 1. The Kier molecular flexibility index (Phi) is 4.57. The van der Waals surface area contributed by atoms with Gasteiger partial charge in [-0.1, -0.05) is 30.3 Å². The van der Waals surface area contributed by atoms with Crippen molar-refractivity contribution in [3.63, 3.8) is 0 Å². The number of hydrogen-bond donors (Lipinski definition) is 1. The largest absolute Gasteiger partial charge is 0.415 e. The van der Waals surface area contributed by atoms with Crippen LogP contribution in [0.4, 0.5) is 9.18 Å². The van der Waals surface area contributed by atoms with Gasteiger partial charge in [0.15, 0.2) is 0 Å². The lowest BCUT2D eigenvalue weighted by Gasteiger charge is -2.37. The van der Waals surface area contributed by atoms with Crippen molar-refractivity contribution in [2.45, 2.75) is 25.0 Å². The number of aliphatic hydroxyl groups is 1. The smallest absolute Gasteiger partial charge is 0.410 e. The van der Waals surface area contributed by atoms with Gasteiger partial charge in [-0.25, -0.2) is 9.18 Å². The Morgan fingerprint density at radius 2 is 1.83 bits per heavy atom. The number of piperidine rings is 1. The molecule has 0 radical (unpaired) electrons. The van der Waals surface area contributed by atoms with E-state index in [1.807, 2.05) is 6.07 Å². The van der Waals surface area contributed by atoms with E-state index < -0.39 is 12.2 Å². The third-order valence-electron chi connectivity index (χ3n) is 4.01. The Hall–Kier alpha value is -2.40. The van der Waals surface area contributed by atoms with Gasteiger partial charge in [0.25, 0.3) is 0 Å². The van der Waals surface area contributed by atoms with Crippen molar-refractivity contribution in [3.8, 4) is 5.75 Å². The average Bonchev–Trinajstić information content (AvgIpc) is 2.56. The molecule has 1 amide bonds. The first kappa shape index (κ1) is 15.5. The van der Waals surface area contributed by atoms with Crippen LogP contribution in [-0.4, -0.2) is 28.7 Å². The molecule has 5 heteroatoms.